The molecule has 2 aromatic carbocycles. The summed E-state index contributed by atoms with van der Waals surface area (Å²) in [6.07, 6.45) is 0. The van der Waals surface area contributed by atoms with Crippen LogP contribution in [0.25, 0.3) is 0 Å². The minimum Gasteiger partial charge on any atom is -0.410 e. The van der Waals surface area contributed by atoms with Crippen molar-refractivity contribution in [3.05, 3.63) is 59.2 Å². The number of benzene rings is 2. The van der Waals surface area contributed by atoms with Crippen LogP contribution in [0.3, 0.4) is 0 Å². The quantitative estimate of drug-likeness (QED) is 0.636. The van der Waals surface area contributed by atoms with Gasteiger partial charge in [0.2, 0.25) is 0 Å². The molecule has 1 aliphatic heterocycles. The third-order valence-electron chi connectivity index (χ3n) is 3.70. The number of amides is 1. The zero-order chi connectivity index (χ0) is 14.3. The molecule has 0 unspecified atom stereocenters. The van der Waals surface area contributed by atoms with Crippen LogP contribution in [0.15, 0.2) is 47.6 Å². The fraction of sp³-hybridized carbons (Fsp3) is 0.125. The number of anilines is 2. The Morgan fingerprint density at radius 3 is 2.40 bits per heavy atom. The molecule has 1 amide bonds. The van der Waals surface area contributed by atoms with Gasteiger partial charge < -0.3 is 5.21 Å². The SMILES string of the molecule is Cc1ccc2c(c1C)N(c1ccccc1)C(=O)C2=NO. The van der Waals surface area contributed by atoms with E-state index in [-0.39, 0.29) is 11.6 Å². The zero-order valence-electron chi connectivity index (χ0n) is 11.3. The van der Waals surface area contributed by atoms with E-state index >= 15 is 0 Å². The first-order valence-corrected chi connectivity index (χ1v) is 6.37. The van der Waals surface area contributed by atoms with Gasteiger partial charge in [-0.05, 0) is 37.1 Å². The van der Waals surface area contributed by atoms with Crippen LogP contribution in [0.5, 0.6) is 0 Å². The lowest BCUT2D eigenvalue weighted by Crippen LogP contribution is -2.25. The molecule has 0 aliphatic carbocycles. The number of rotatable bonds is 1. The molecule has 100 valence electrons. The van der Waals surface area contributed by atoms with Crippen LogP contribution in [0, 0.1) is 13.8 Å². The van der Waals surface area contributed by atoms with E-state index in [1.807, 2.05) is 56.3 Å². The number of carbonyl (C=O) groups excluding carboxylic acids is 1. The molecule has 20 heavy (non-hydrogen) atoms. The predicted molar refractivity (Wildman–Crippen MR) is 77.8 cm³/mol. The highest BCUT2D eigenvalue weighted by Gasteiger charge is 2.37. The normalized spacial score (nSPS) is 15.8. The van der Waals surface area contributed by atoms with Crippen molar-refractivity contribution < 1.29 is 10.0 Å². The smallest absolute Gasteiger partial charge is 0.285 e. The summed E-state index contributed by atoms with van der Waals surface area (Å²) in [5.41, 5.74) is 4.44. The summed E-state index contributed by atoms with van der Waals surface area (Å²) in [6, 6.07) is 13.1. The van der Waals surface area contributed by atoms with Gasteiger partial charge in [0.15, 0.2) is 5.71 Å². The molecule has 0 aromatic heterocycles. The summed E-state index contributed by atoms with van der Waals surface area (Å²) in [4.78, 5) is 14.1. The first kappa shape index (κ1) is 12.4. The van der Waals surface area contributed by atoms with Gasteiger partial charge in [0, 0.05) is 11.3 Å². The van der Waals surface area contributed by atoms with Crippen molar-refractivity contribution >= 4 is 23.0 Å². The van der Waals surface area contributed by atoms with Gasteiger partial charge in [-0.3, -0.25) is 9.69 Å². The van der Waals surface area contributed by atoms with Gasteiger partial charge in [-0.15, -0.1) is 0 Å². The van der Waals surface area contributed by atoms with E-state index in [9.17, 15) is 4.79 Å². The summed E-state index contributed by atoms with van der Waals surface area (Å²) in [5, 5.41) is 12.3. The topological polar surface area (TPSA) is 52.9 Å². The second-order valence-corrected chi connectivity index (χ2v) is 4.83. The van der Waals surface area contributed by atoms with Gasteiger partial charge in [0.05, 0.1) is 5.69 Å². The molecular formula is C16H14N2O2. The molecule has 1 aliphatic rings. The molecule has 0 radical (unpaired) electrons. The van der Waals surface area contributed by atoms with Gasteiger partial charge in [-0.2, -0.15) is 0 Å². The third kappa shape index (κ3) is 1.61. The number of hydrogen-bond donors (Lipinski definition) is 1. The lowest BCUT2D eigenvalue weighted by molar-refractivity contribution is -0.111. The molecular weight excluding hydrogens is 252 g/mol. The van der Waals surface area contributed by atoms with Gasteiger partial charge in [0.25, 0.3) is 5.91 Å². The Hall–Kier alpha value is -2.62. The number of carbonyl (C=O) groups is 1. The van der Waals surface area contributed by atoms with Crippen molar-refractivity contribution in [3.8, 4) is 0 Å². The van der Waals surface area contributed by atoms with Crippen molar-refractivity contribution in [3.63, 3.8) is 0 Å². The Balaban J connectivity index is 2.30. The van der Waals surface area contributed by atoms with E-state index in [1.54, 1.807) is 4.90 Å². The molecule has 1 heterocycles. The third-order valence-corrected chi connectivity index (χ3v) is 3.70. The van der Waals surface area contributed by atoms with Crippen LogP contribution < -0.4 is 4.90 Å². The fourth-order valence-corrected chi connectivity index (χ4v) is 2.52. The largest absolute Gasteiger partial charge is 0.410 e. The Morgan fingerprint density at radius 1 is 1.05 bits per heavy atom. The van der Waals surface area contributed by atoms with Crippen LogP contribution in [0.2, 0.25) is 0 Å². The number of oxime groups is 1. The van der Waals surface area contributed by atoms with E-state index in [2.05, 4.69) is 5.16 Å². The fourth-order valence-electron chi connectivity index (χ4n) is 2.52. The van der Waals surface area contributed by atoms with Crippen molar-refractivity contribution in [1.29, 1.82) is 0 Å². The van der Waals surface area contributed by atoms with Crippen LogP contribution in [0.4, 0.5) is 11.4 Å². The van der Waals surface area contributed by atoms with Crippen LogP contribution >= 0.6 is 0 Å². The minimum absolute atomic E-state index is 0.0898. The zero-order valence-corrected chi connectivity index (χ0v) is 11.3. The number of fused-ring (bicyclic) bond motifs is 1. The summed E-state index contributed by atoms with van der Waals surface area (Å²) < 4.78 is 0. The van der Waals surface area contributed by atoms with E-state index in [0.717, 1.165) is 22.5 Å². The van der Waals surface area contributed by atoms with Crippen LogP contribution in [-0.2, 0) is 4.79 Å². The lowest BCUT2D eigenvalue weighted by atomic mass is 10.0. The second-order valence-electron chi connectivity index (χ2n) is 4.83. The summed E-state index contributed by atoms with van der Waals surface area (Å²) in [5.74, 6) is -0.303. The Bertz CT molecular complexity index is 721. The van der Waals surface area contributed by atoms with Gasteiger partial charge in [-0.25, -0.2) is 0 Å². The first-order chi connectivity index (χ1) is 9.65. The molecule has 3 rings (SSSR count). The lowest BCUT2D eigenvalue weighted by Gasteiger charge is -2.19. The number of aryl methyl sites for hydroxylation is 1. The van der Waals surface area contributed by atoms with E-state index < -0.39 is 0 Å². The molecule has 0 bridgehead atoms. The Morgan fingerprint density at radius 2 is 1.75 bits per heavy atom. The highest BCUT2D eigenvalue weighted by atomic mass is 16.4. The highest BCUT2D eigenvalue weighted by molar-refractivity contribution is 6.55. The Kier molecular flexibility index (Phi) is 2.79. The van der Waals surface area contributed by atoms with Crippen molar-refractivity contribution in [2.45, 2.75) is 13.8 Å². The average molecular weight is 266 g/mol. The second kappa shape index (κ2) is 4.49. The number of nitrogens with zero attached hydrogens (tertiary/aromatic N) is 2. The molecule has 4 heteroatoms. The minimum atomic E-state index is -0.303. The van der Waals surface area contributed by atoms with Crippen molar-refractivity contribution in [1.82, 2.24) is 0 Å². The average Bonchev–Trinajstić information content (AvgIpc) is 2.76. The highest BCUT2D eigenvalue weighted by Crippen LogP contribution is 2.39. The van der Waals surface area contributed by atoms with Gasteiger partial charge in [-0.1, -0.05) is 35.5 Å². The van der Waals surface area contributed by atoms with Gasteiger partial charge >= 0.3 is 0 Å². The van der Waals surface area contributed by atoms with Crippen LogP contribution in [0.1, 0.15) is 16.7 Å². The molecule has 0 fully saturated rings. The monoisotopic (exact) mass is 266 g/mol. The van der Waals surface area contributed by atoms with E-state index in [0.29, 0.717) is 5.56 Å². The van der Waals surface area contributed by atoms with E-state index in [1.165, 1.54) is 0 Å². The maximum absolute atomic E-state index is 12.5. The standard InChI is InChI=1S/C16H14N2O2/c1-10-8-9-13-14(17-20)16(19)18(15(13)11(10)2)12-6-4-3-5-7-12/h3-9,20H,1-2H3. The maximum atomic E-state index is 12.5. The molecule has 4 nitrogen and oxygen atoms in total. The molecule has 0 atom stereocenters. The molecule has 0 saturated carbocycles. The predicted octanol–water partition coefficient (Wildman–Crippen LogP) is 3.16. The summed E-state index contributed by atoms with van der Waals surface area (Å²) >= 11 is 0. The Labute approximate surface area is 117 Å². The number of hydrogen-bond acceptors (Lipinski definition) is 3. The van der Waals surface area contributed by atoms with Crippen LogP contribution in [-0.4, -0.2) is 16.8 Å². The van der Waals surface area contributed by atoms with E-state index in [4.69, 9.17) is 5.21 Å². The van der Waals surface area contributed by atoms with Crippen molar-refractivity contribution in [2.75, 3.05) is 4.90 Å². The molecule has 2 aromatic rings. The van der Waals surface area contributed by atoms with Crippen molar-refractivity contribution in [2.24, 2.45) is 5.16 Å². The summed E-state index contributed by atoms with van der Waals surface area (Å²) in [6.45, 7) is 3.97. The van der Waals surface area contributed by atoms with Gasteiger partial charge in [0.1, 0.15) is 0 Å². The molecule has 0 saturated heterocycles. The molecule has 1 N–H and O–H groups in total. The maximum Gasteiger partial charge on any atom is 0.285 e. The molecule has 0 spiro atoms. The first-order valence-electron chi connectivity index (χ1n) is 6.37. The number of para-hydroxylation sites is 1. The summed E-state index contributed by atoms with van der Waals surface area (Å²) in [7, 11) is 0.